The van der Waals surface area contributed by atoms with E-state index in [9.17, 15) is 4.79 Å². The zero-order chi connectivity index (χ0) is 14.0. The lowest BCUT2D eigenvalue weighted by Crippen LogP contribution is -2.27. The molecule has 4 nitrogen and oxygen atoms in total. The highest BCUT2D eigenvalue weighted by Gasteiger charge is 2.36. The topological polar surface area (TPSA) is 64.3 Å². The van der Waals surface area contributed by atoms with Crippen LogP contribution >= 0.6 is 0 Å². The van der Waals surface area contributed by atoms with Gasteiger partial charge in [-0.1, -0.05) is 12.1 Å². The Hall–Kier alpha value is -1.55. The molecule has 0 heterocycles. The van der Waals surface area contributed by atoms with Crippen LogP contribution in [0, 0.1) is 5.92 Å². The van der Waals surface area contributed by atoms with Crippen molar-refractivity contribution in [3.63, 3.8) is 0 Å². The fourth-order valence-corrected chi connectivity index (χ4v) is 2.18. The molecular weight excluding hydrogens is 240 g/mol. The van der Waals surface area contributed by atoms with Crippen LogP contribution < -0.4 is 11.1 Å². The first-order valence-corrected chi connectivity index (χ1v) is 6.69. The maximum atomic E-state index is 11.7. The minimum atomic E-state index is -0.483. The molecule has 0 radical (unpaired) electrons. The lowest BCUT2D eigenvalue weighted by molar-refractivity contribution is 0.0636. The highest BCUT2D eigenvalue weighted by atomic mass is 16.6. The summed E-state index contributed by atoms with van der Waals surface area (Å²) >= 11 is 0. The zero-order valence-corrected chi connectivity index (χ0v) is 11.8. The molecule has 0 aromatic heterocycles. The molecule has 1 fully saturated rings. The average Bonchev–Trinajstić information content (AvgIpc) is 3.05. The molecule has 1 aliphatic rings. The van der Waals surface area contributed by atoms with Crippen molar-refractivity contribution in [3.8, 4) is 0 Å². The van der Waals surface area contributed by atoms with Crippen LogP contribution in [0.5, 0.6) is 0 Å². The van der Waals surface area contributed by atoms with Crippen LogP contribution in [0.4, 0.5) is 10.5 Å². The number of nitrogens with one attached hydrogen (secondary N) is 1. The summed E-state index contributed by atoms with van der Waals surface area (Å²) in [6.07, 6.45) is 0.725. The Morgan fingerprint density at radius 1 is 1.47 bits per heavy atom. The summed E-state index contributed by atoms with van der Waals surface area (Å²) < 4.78 is 5.23. The van der Waals surface area contributed by atoms with E-state index in [-0.39, 0.29) is 0 Å². The molecule has 0 saturated heterocycles. The van der Waals surface area contributed by atoms with Crippen LogP contribution in [-0.2, 0) is 4.74 Å². The molecule has 0 bridgehead atoms. The molecule has 1 aliphatic carbocycles. The summed E-state index contributed by atoms with van der Waals surface area (Å²) in [6.45, 7) is 6.27. The van der Waals surface area contributed by atoms with Crippen LogP contribution in [0.2, 0.25) is 0 Å². The third-order valence-corrected chi connectivity index (χ3v) is 3.19. The van der Waals surface area contributed by atoms with Gasteiger partial charge in [0.1, 0.15) is 5.60 Å². The number of benzene rings is 1. The van der Waals surface area contributed by atoms with E-state index in [2.05, 4.69) is 11.4 Å². The molecule has 2 rings (SSSR count). The minimum Gasteiger partial charge on any atom is -0.444 e. The van der Waals surface area contributed by atoms with Gasteiger partial charge in [0.05, 0.1) is 0 Å². The molecule has 0 spiro atoms. The molecular formula is C15H22N2O2. The van der Waals surface area contributed by atoms with Crippen molar-refractivity contribution >= 4 is 11.8 Å². The molecule has 1 amide bonds. The number of carbonyl (C=O) groups is 1. The number of ether oxygens (including phenoxy) is 1. The van der Waals surface area contributed by atoms with E-state index in [0.717, 1.165) is 18.7 Å². The van der Waals surface area contributed by atoms with Gasteiger partial charge in [0.2, 0.25) is 0 Å². The fourth-order valence-electron chi connectivity index (χ4n) is 2.18. The molecule has 0 aliphatic heterocycles. The van der Waals surface area contributed by atoms with E-state index in [4.69, 9.17) is 10.5 Å². The number of hydrogen-bond donors (Lipinski definition) is 2. The smallest absolute Gasteiger partial charge is 0.412 e. The van der Waals surface area contributed by atoms with Gasteiger partial charge in [-0.15, -0.1) is 0 Å². The quantitative estimate of drug-likeness (QED) is 0.879. The average molecular weight is 262 g/mol. The van der Waals surface area contributed by atoms with Crippen LogP contribution in [0.15, 0.2) is 24.3 Å². The predicted molar refractivity (Wildman–Crippen MR) is 76.2 cm³/mol. The maximum absolute atomic E-state index is 11.7. The predicted octanol–water partition coefficient (Wildman–Crippen LogP) is 3.10. The molecule has 19 heavy (non-hydrogen) atoms. The van der Waals surface area contributed by atoms with E-state index < -0.39 is 11.7 Å². The Balaban J connectivity index is 1.98. The van der Waals surface area contributed by atoms with Crippen LogP contribution in [0.1, 0.15) is 38.7 Å². The third kappa shape index (κ3) is 3.96. The SMILES string of the molecule is CC(C)(C)OC(=O)Nc1cccc([C@@H]2C[C@H]2CN)c1. The molecule has 104 valence electrons. The highest BCUT2D eigenvalue weighted by molar-refractivity contribution is 5.85. The second-order valence-electron chi connectivity index (χ2n) is 6.09. The lowest BCUT2D eigenvalue weighted by Gasteiger charge is -2.19. The van der Waals surface area contributed by atoms with Crippen LogP contribution in [-0.4, -0.2) is 18.2 Å². The van der Waals surface area contributed by atoms with E-state index in [1.54, 1.807) is 0 Å². The molecule has 4 heteroatoms. The van der Waals surface area contributed by atoms with Crippen LogP contribution in [0.3, 0.4) is 0 Å². The number of anilines is 1. The molecule has 2 atom stereocenters. The van der Waals surface area contributed by atoms with Crippen molar-refractivity contribution in [1.82, 2.24) is 0 Å². The molecule has 3 N–H and O–H groups in total. The summed E-state index contributed by atoms with van der Waals surface area (Å²) in [4.78, 5) is 11.7. The summed E-state index contributed by atoms with van der Waals surface area (Å²) in [6, 6.07) is 7.91. The first-order valence-electron chi connectivity index (χ1n) is 6.69. The fraction of sp³-hybridized carbons (Fsp3) is 0.533. The molecule has 0 unspecified atom stereocenters. The van der Waals surface area contributed by atoms with Gasteiger partial charge in [0.25, 0.3) is 0 Å². The van der Waals surface area contributed by atoms with Crippen molar-refractivity contribution in [2.24, 2.45) is 11.7 Å². The minimum absolute atomic E-state index is 0.421. The van der Waals surface area contributed by atoms with Gasteiger partial charge in [0, 0.05) is 5.69 Å². The Bertz CT molecular complexity index is 465. The monoisotopic (exact) mass is 262 g/mol. The summed E-state index contributed by atoms with van der Waals surface area (Å²) in [7, 11) is 0. The Morgan fingerprint density at radius 2 is 2.21 bits per heavy atom. The van der Waals surface area contributed by atoms with Gasteiger partial charge in [-0.2, -0.15) is 0 Å². The van der Waals surface area contributed by atoms with Gasteiger partial charge in [-0.3, -0.25) is 5.32 Å². The summed E-state index contributed by atoms with van der Waals surface area (Å²) in [5.41, 5.74) is 7.19. The van der Waals surface area contributed by atoms with E-state index in [0.29, 0.717) is 11.8 Å². The lowest BCUT2D eigenvalue weighted by atomic mass is 10.1. The maximum Gasteiger partial charge on any atom is 0.412 e. The van der Waals surface area contributed by atoms with Crippen molar-refractivity contribution in [2.75, 3.05) is 11.9 Å². The van der Waals surface area contributed by atoms with Crippen molar-refractivity contribution < 1.29 is 9.53 Å². The number of hydrogen-bond acceptors (Lipinski definition) is 3. The standard InChI is InChI=1S/C15H22N2O2/c1-15(2,3)19-14(18)17-12-6-4-5-10(7-12)13-8-11(13)9-16/h4-7,11,13H,8-9,16H2,1-3H3,(H,17,18)/t11-,13-/m0/s1. The Kier molecular flexibility index (Phi) is 3.80. The number of amides is 1. The van der Waals surface area contributed by atoms with Gasteiger partial charge < -0.3 is 10.5 Å². The normalized spacial score (nSPS) is 21.9. The first-order chi connectivity index (χ1) is 8.89. The molecule has 1 aromatic carbocycles. The van der Waals surface area contributed by atoms with Gasteiger partial charge >= 0.3 is 6.09 Å². The molecule has 1 saturated carbocycles. The largest absolute Gasteiger partial charge is 0.444 e. The zero-order valence-electron chi connectivity index (χ0n) is 11.8. The van der Waals surface area contributed by atoms with Crippen LogP contribution in [0.25, 0.3) is 0 Å². The summed E-state index contributed by atoms with van der Waals surface area (Å²) in [5, 5.41) is 2.76. The highest BCUT2D eigenvalue weighted by Crippen LogP contribution is 2.46. The van der Waals surface area contributed by atoms with Gasteiger partial charge in [0.15, 0.2) is 0 Å². The van der Waals surface area contributed by atoms with Crippen molar-refractivity contribution in [3.05, 3.63) is 29.8 Å². The third-order valence-electron chi connectivity index (χ3n) is 3.19. The second-order valence-corrected chi connectivity index (χ2v) is 6.09. The number of rotatable bonds is 3. The Labute approximate surface area is 114 Å². The van der Waals surface area contributed by atoms with Gasteiger partial charge in [-0.05, 0) is 63.3 Å². The van der Waals surface area contributed by atoms with Gasteiger partial charge in [-0.25, -0.2) is 4.79 Å². The van der Waals surface area contributed by atoms with Crippen molar-refractivity contribution in [1.29, 1.82) is 0 Å². The van der Waals surface area contributed by atoms with Crippen molar-refractivity contribution in [2.45, 2.75) is 38.7 Å². The molecule has 1 aromatic rings. The second kappa shape index (κ2) is 5.21. The number of carbonyl (C=O) groups excluding carboxylic acids is 1. The van der Waals surface area contributed by atoms with E-state index >= 15 is 0 Å². The summed E-state index contributed by atoms with van der Waals surface area (Å²) in [5.74, 6) is 1.14. The first kappa shape index (κ1) is 13.9. The Morgan fingerprint density at radius 3 is 2.79 bits per heavy atom. The number of nitrogens with two attached hydrogens (primary N) is 1. The van der Waals surface area contributed by atoms with E-state index in [1.165, 1.54) is 5.56 Å². The van der Waals surface area contributed by atoms with E-state index in [1.807, 2.05) is 39.0 Å².